The van der Waals surface area contributed by atoms with Crippen molar-refractivity contribution in [1.82, 2.24) is 19.9 Å². The van der Waals surface area contributed by atoms with E-state index in [1.807, 2.05) is 6.20 Å². The Hall–Kier alpha value is -2.08. The highest BCUT2D eigenvalue weighted by atomic mass is 15.2. The third kappa shape index (κ3) is 1.98. The molecule has 6 heteroatoms. The van der Waals surface area contributed by atoms with Crippen molar-refractivity contribution in [3.63, 3.8) is 0 Å². The fourth-order valence-electron chi connectivity index (χ4n) is 3.63. The van der Waals surface area contributed by atoms with Crippen molar-refractivity contribution >= 4 is 5.82 Å². The summed E-state index contributed by atoms with van der Waals surface area (Å²) >= 11 is 0. The van der Waals surface area contributed by atoms with Gasteiger partial charge in [-0.15, -0.1) is 0 Å². The summed E-state index contributed by atoms with van der Waals surface area (Å²) in [7, 11) is 0. The number of fused-ring (bicyclic) bond motifs is 1. The first-order chi connectivity index (χ1) is 10.3. The lowest BCUT2D eigenvalue weighted by atomic mass is 9.73. The Bertz CT molecular complexity index is 636. The van der Waals surface area contributed by atoms with Crippen molar-refractivity contribution in [2.24, 2.45) is 11.1 Å². The second-order valence-corrected chi connectivity index (χ2v) is 5.96. The average molecular weight is 282 g/mol. The predicted molar refractivity (Wildman–Crippen MR) is 78.6 cm³/mol. The van der Waals surface area contributed by atoms with Crippen LogP contribution in [0.15, 0.2) is 31.0 Å². The number of hydrogen-bond acceptors (Lipinski definition) is 6. The summed E-state index contributed by atoms with van der Waals surface area (Å²) in [6.45, 7) is 1.92. The lowest BCUT2D eigenvalue weighted by Crippen LogP contribution is -2.44. The minimum absolute atomic E-state index is 0.00482. The van der Waals surface area contributed by atoms with Gasteiger partial charge in [-0.2, -0.15) is 0 Å². The number of nitrogens with zero attached hydrogens (tertiary/aromatic N) is 5. The Morgan fingerprint density at radius 3 is 2.52 bits per heavy atom. The smallest absolute Gasteiger partial charge is 0.147 e. The van der Waals surface area contributed by atoms with Crippen molar-refractivity contribution in [1.29, 1.82) is 0 Å². The lowest BCUT2D eigenvalue weighted by Gasteiger charge is -2.42. The fraction of sp³-hybridized carbons (Fsp3) is 0.467. The Kier molecular flexibility index (Phi) is 2.85. The zero-order valence-electron chi connectivity index (χ0n) is 11.8. The van der Waals surface area contributed by atoms with Crippen molar-refractivity contribution in [3.05, 3.63) is 42.4 Å². The Morgan fingerprint density at radius 2 is 1.81 bits per heavy atom. The zero-order chi connectivity index (χ0) is 14.3. The maximum Gasteiger partial charge on any atom is 0.147 e. The van der Waals surface area contributed by atoms with E-state index < -0.39 is 0 Å². The van der Waals surface area contributed by atoms with Crippen LogP contribution in [-0.4, -0.2) is 33.0 Å². The summed E-state index contributed by atoms with van der Waals surface area (Å²) in [5.41, 5.74) is 8.68. The maximum absolute atomic E-state index is 6.49. The minimum Gasteiger partial charge on any atom is -0.355 e. The SMILES string of the molecule is NC1c2nccnc2CC12CCN(c1cnccn1)CC2. The van der Waals surface area contributed by atoms with Gasteiger partial charge in [-0.05, 0) is 19.3 Å². The third-order valence-electron chi connectivity index (χ3n) is 4.91. The fourth-order valence-corrected chi connectivity index (χ4v) is 3.63. The summed E-state index contributed by atoms with van der Waals surface area (Å²) in [5.74, 6) is 0.952. The van der Waals surface area contributed by atoms with Crippen molar-refractivity contribution < 1.29 is 0 Å². The molecule has 0 saturated carbocycles. The molecule has 1 fully saturated rings. The van der Waals surface area contributed by atoms with Crippen LogP contribution in [0.3, 0.4) is 0 Å². The number of aromatic nitrogens is 4. The molecule has 6 nitrogen and oxygen atoms in total. The first-order valence-corrected chi connectivity index (χ1v) is 7.35. The lowest BCUT2D eigenvalue weighted by molar-refractivity contribution is 0.185. The van der Waals surface area contributed by atoms with Gasteiger partial charge >= 0.3 is 0 Å². The number of piperidine rings is 1. The van der Waals surface area contributed by atoms with E-state index in [1.54, 1.807) is 24.8 Å². The van der Waals surface area contributed by atoms with Crippen LogP contribution in [0.2, 0.25) is 0 Å². The van der Waals surface area contributed by atoms with Crippen LogP contribution < -0.4 is 10.6 Å². The largest absolute Gasteiger partial charge is 0.355 e. The van der Waals surface area contributed by atoms with Crippen LogP contribution in [0.25, 0.3) is 0 Å². The second-order valence-electron chi connectivity index (χ2n) is 5.96. The van der Waals surface area contributed by atoms with Gasteiger partial charge in [0.05, 0.1) is 23.6 Å². The van der Waals surface area contributed by atoms with Gasteiger partial charge in [0.1, 0.15) is 5.82 Å². The van der Waals surface area contributed by atoms with Crippen LogP contribution in [0, 0.1) is 5.41 Å². The van der Waals surface area contributed by atoms with E-state index in [9.17, 15) is 0 Å². The minimum atomic E-state index is 0.00482. The van der Waals surface area contributed by atoms with Gasteiger partial charge in [-0.3, -0.25) is 15.0 Å². The van der Waals surface area contributed by atoms with Crippen LogP contribution in [0.5, 0.6) is 0 Å². The molecule has 0 radical (unpaired) electrons. The number of hydrogen-bond donors (Lipinski definition) is 1. The standard InChI is InChI=1S/C15H18N6/c16-14-13-11(18-5-6-20-13)9-15(14)1-7-21(8-2-15)12-10-17-3-4-19-12/h3-6,10,14H,1-2,7-9,16H2. The van der Waals surface area contributed by atoms with E-state index in [0.29, 0.717) is 0 Å². The number of anilines is 1. The van der Waals surface area contributed by atoms with Gasteiger partial charge in [0.2, 0.25) is 0 Å². The highest BCUT2D eigenvalue weighted by Gasteiger charge is 2.47. The predicted octanol–water partition coefficient (Wildman–Crippen LogP) is 1.11. The molecule has 1 aliphatic heterocycles. The average Bonchev–Trinajstić information content (AvgIpc) is 2.82. The molecule has 1 unspecified atom stereocenters. The van der Waals surface area contributed by atoms with Crippen LogP contribution in [-0.2, 0) is 6.42 Å². The monoisotopic (exact) mass is 282 g/mol. The Morgan fingerprint density at radius 1 is 1.05 bits per heavy atom. The molecule has 1 atom stereocenters. The quantitative estimate of drug-likeness (QED) is 0.844. The number of nitrogens with two attached hydrogens (primary N) is 1. The maximum atomic E-state index is 6.49. The van der Waals surface area contributed by atoms with Crippen molar-refractivity contribution in [3.8, 4) is 0 Å². The van der Waals surface area contributed by atoms with Crippen molar-refractivity contribution in [2.75, 3.05) is 18.0 Å². The molecule has 2 aromatic heterocycles. The second kappa shape index (κ2) is 4.73. The molecule has 2 N–H and O–H groups in total. The Labute approximate surface area is 123 Å². The molecule has 2 aliphatic rings. The van der Waals surface area contributed by atoms with E-state index in [2.05, 4.69) is 24.8 Å². The van der Waals surface area contributed by atoms with Crippen LogP contribution in [0.1, 0.15) is 30.3 Å². The highest BCUT2D eigenvalue weighted by Crippen LogP contribution is 2.49. The molecule has 1 aliphatic carbocycles. The molecule has 2 aromatic rings. The van der Waals surface area contributed by atoms with Gasteiger partial charge in [0.25, 0.3) is 0 Å². The van der Waals surface area contributed by atoms with Gasteiger partial charge in [-0.1, -0.05) is 0 Å². The molecular weight excluding hydrogens is 264 g/mol. The summed E-state index contributed by atoms with van der Waals surface area (Å²) in [5, 5.41) is 0. The van der Waals surface area contributed by atoms with E-state index in [0.717, 1.165) is 49.6 Å². The van der Waals surface area contributed by atoms with E-state index in [-0.39, 0.29) is 11.5 Å². The van der Waals surface area contributed by atoms with E-state index >= 15 is 0 Å². The molecule has 3 heterocycles. The van der Waals surface area contributed by atoms with E-state index in [1.165, 1.54) is 0 Å². The molecule has 0 aromatic carbocycles. The molecule has 1 saturated heterocycles. The van der Waals surface area contributed by atoms with Crippen LogP contribution >= 0.6 is 0 Å². The van der Waals surface area contributed by atoms with E-state index in [4.69, 9.17) is 5.73 Å². The molecule has 21 heavy (non-hydrogen) atoms. The number of rotatable bonds is 1. The van der Waals surface area contributed by atoms with Gasteiger partial charge in [0.15, 0.2) is 0 Å². The van der Waals surface area contributed by atoms with Gasteiger partial charge in [-0.25, -0.2) is 4.98 Å². The van der Waals surface area contributed by atoms with Gasteiger partial charge < -0.3 is 10.6 Å². The molecule has 1 spiro atoms. The zero-order valence-corrected chi connectivity index (χ0v) is 11.8. The molecule has 4 rings (SSSR count). The molecule has 108 valence electrons. The summed E-state index contributed by atoms with van der Waals surface area (Å²) in [4.78, 5) is 19.7. The molecule has 0 bridgehead atoms. The topological polar surface area (TPSA) is 80.8 Å². The Balaban J connectivity index is 1.54. The first-order valence-electron chi connectivity index (χ1n) is 7.35. The molecule has 0 amide bonds. The summed E-state index contributed by atoms with van der Waals surface area (Å²) < 4.78 is 0. The summed E-state index contributed by atoms with van der Waals surface area (Å²) in [6, 6.07) is 0.00482. The van der Waals surface area contributed by atoms with Gasteiger partial charge in [0, 0.05) is 43.3 Å². The molecular formula is C15H18N6. The normalized spacial score (nSPS) is 23.3. The van der Waals surface area contributed by atoms with Crippen LogP contribution in [0.4, 0.5) is 5.82 Å². The first kappa shape index (κ1) is 12.6. The summed E-state index contributed by atoms with van der Waals surface area (Å²) in [6.07, 6.45) is 11.8. The highest BCUT2D eigenvalue weighted by molar-refractivity contribution is 5.37. The third-order valence-corrected chi connectivity index (χ3v) is 4.91. The van der Waals surface area contributed by atoms with Crippen molar-refractivity contribution in [2.45, 2.75) is 25.3 Å².